The van der Waals surface area contributed by atoms with Crippen molar-refractivity contribution in [1.29, 1.82) is 0 Å². The van der Waals surface area contributed by atoms with Crippen LogP contribution in [0.15, 0.2) is 23.8 Å². The molecule has 0 atom stereocenters. The quantitative estimate of drug-likeness (QED) is 0.714. The SMILES string of the molecule is O=C1NC2(CCCCC2)c2cc(Nc3ncnc4sccc34)sc21. The number of carbonyl (C=O) groups is 1. The van der Waals surface area contributed by atoms with E-state index in [-0.39, 0.29) is 11.4 Å². The number of hydrogen-bond acceptors (Lipinski definition) is 6. The molecule has 2 aliphatic rings. The molecule has 1 aliphatic carbocycles. The molecule has 1 saturated carbocycles. The lowest BCUT2D eigenvalue weighted by molar-refractivity contribution is 0.0912. The average Bonchev–Trinajstić information content (AvgIpc) is 3.27. The Balaban J connectivity index is 1.53. The summed E-state index contributed by atoms with van der Waals surface area (Å²) in [4.78, 5) is 22.9. The third-order valence-corrected chi connectivity index (χ3v) is 6.89. The summed E-state index contributed by atoms with van der Waals surface area (Å²) < 4.78 is 0. The molecule has 2 N–H and O–H groups in total. The summed E-state index contributed by atoms with van der Waals surface area (Å²) in [5, 5.41) is 10.7. The minimum atomic E-state index is -0.134. The fourth-order valence-electron chi connectivity index (χ4n) is 3.87. The summed E-state index contributed by atoms with van der Waals surface area (Å²) in [6.07, 6.45) is 7.30. The largest absolute Gasteiger partial charge is 0.342 e. The highest BCUT2D eigenvalue weighted by atomic mass is 32.1. The predicted molar refractivity (Wildman–Crippen MR) is 97.2 cm³/mol. The van der Waals surface area contributed by atoms with Crippen LogP contribution in [-0.2, 0) is 5.54 Å². The number of rotatable bonds is 2. The van der Waals surface area contributed by atoms with Gasteiger partial charge >= 0.3 is 0 Å². The van der Waals surface area contributed by atoms with Gasteiger partial charge in [-0.3, -0.25) is 4.79 Å². The predicted octanol–water partition coefficient (Wildman–Crippen LogP) is 4.40. The molecule has 5 rings (SSSR count). The Bertz CT molecular complexity index is 939. The van der Waals surface area contributed by atoms with Gasteiger partial charge in [0.1, 0.15) is 17.0 Å². The Labute approximate surface area is 147 Å². The van der Waals surface area contributed by atoms with Crippen LogP contribution < -0.4 is 10.6 Å². The molecule has 0 bridgehead atoms. The molecule has 5 nitrogen and oxygen atoms in total. The zero-order valence-corrected chi connectivity index (χ0v) is 14.6. The van der Waals surface area contributed by atoms with Crippen molar-refractivity contribution in [3.63, 3.8) is 0 Å². The molecule has 0 radical (unpaired) electrons. The normalized spacial score (nSPS) is 18.8. The van der Waals surface area contributed by atoms with Gasteiger partial charge in [0.2, 0.25) is 0 Å². The van der Waals surface area contributed by atoms with Crippen LogP contribution in [0, 0.1) is 0 Å². The molecule has 0 aromatic carbocycles. The van der Waals surface area contributed by atoms with E-state index in [1.807, 2.05) is 11.4 Å². The summed E-state index contributed by atoms with van der Waals surface area (Å²) in [5.41, 5.74) is 1.04. The van der Waals surface area contributed by atoms with Crippen molar-refractivity contribution in [1.82, 2.24) is 15.3 Å². The number of anilines is 2. The minimum Gasteiger partial charge on any atom is -0.342 e. The first kappa shape index (κ1) is 14.4. The first-order chi connectivity index (χ1) is 11.8. The van der Waals surface area contributed by atoms with E-state index in [4.69, 9.17) is 0 Å². The highest BCUT2D eigenvalue weighted by Crippen LogP contribution is 2.47. The van der Waals surface area contributed by atoms with Crippen molar-refractivity contribution in [2.24, 2.45) is 0 Å². The van der Waals surface area contributed by atoms with Crippen LogP contribution in [0.25, 0.3) is 10.2 Å². The average molecular weight is 356 g/mol. The minimum absolute atomic E-state index is 0.0771. The summed E-state index contributed by atoms with van der Waals surface area (Å²) in [6.45, 7) is 0. The second kappa shape index (κ2) is 5.26. The van der Waals surface area contributed by atoms with Gasteiger partial charge in [-0.05, 0) is 30.4 Å². The lowest BCUT2D eigenvalue weighted by atomic mass is 9.78. The fraction of sp³-hybridized carbons (Fsp3) is 0.353. The molecular formula is C17H16N4OS2. The van der Waals surface area contributed by atoms with Gasteiger partial charge in [-0.1, -0.05) is 19.3 Å². The Morgan fingerprint density at radius 1 is 1.21 bits per heavy atom. The van der Waals surface area contributed by atoms with E-state index in [0.29, 0.717) is 0 Å². The lowest BCUT2D eigenvalue weighted by Crippen LogP contribution is -2.40. The second-order valence-electron chi connectivity index (χ2n) is 6.44. The van der Waals surface area contributed by atoms with Gasteiger partial charge in [-0.25, -0.2) is 9.97 Å². The van der Waals surface area contributed by atoms with Gasteiger partial charge < -0.3 is 10.6 Å². The van der Waals surface area contributed by atoms with Gasteiger partial charge in [-0.15, -0.1) is 22.7 Å². The zero-order chi connectivity index (χ0) is 16.1. The molecule has 1 fully saturated rings. The number of hydrogen-bond donors (Lipinski definition) is 2. The molecule has 7 heteroatoms. The molecular weight excluding hydrogens is 340 g/mol. The first-order valence-corrected chi connectivity index (χ1v) is 9.87. The van der Waals surface area contributed by atoms with Crippen molar-refractivity contribution in [2.45, 2.75) is 37.6 Å². The van der Waals surface area contributed by atoms with E-state index in [0.717, 1.165) is 38.8 Å². The van der Waals surface area contributed by atoms with Gasteiger partial charge in [0.05, 0.1) is 20.8 Å². The van der Waals surface area contributed by atoms with Crippen LogP contribution in [0.2, 0.25) is 0 Å². The molecule has 122 valence electrons. The second-order valence-corrected chi connectivity index (χ2v) is 8.38. The van der Waals surface area contributed by atoms with Gasteiger partial charge in [0, 0.05) is 5.56 Å². The van der Waals surface area contributed by atoms with E-state index in [2.05, 4.69) is 26.7 Å². The highest BCUT2D eigenvalue weighted by Gasteiger charge is 2.44. The molecule has 24 heavy (non-hydrogen) atoms. The van der Waals surface area contributed by atoms with Crippen LogP contribution in [-0.4, -0.2) is 15.9 Å². The number of amides is 1. The number of nitrogens with one attached hydrogen (secondary N) is 2. The summed E-state index contributed by atoms with van der Waals surface area (Å²) in [6, 6.07) is 4.17. The first-order valence-electron chi connectivity index (χ1n) is 8.17. The molecule has 1 aliphatic heterocycles. The van der Waals surface area contributed by atoms with E-state index in [9.17, 15) is 4.79 Å². The van der Waals surface area contributed by atoms with Crippen LogP contribution >= 0.6 is 22.7 Å². The molecule has 1 spiro atoms. The molecule has 0 unspecified atom stereocenters. The monoisotopic (exact) mass is 356 g/mol. The van der Waals surface area contributed by atoms with E-state index < -0.39 is 0 Å². The smallest absolute Gasteiger partial charge is 0.262 e. The van der Waals surface area contributed by atoms with Crippen LogP contribution in [0.4, 0.5) is 10.8 Å². The number of fused-ring (bicyclic) bond motifs is 3. The zero-order valence-electron chi connectivity index (χ0n) is 13.0. The van der Waals surface area contributed by atoms with E-state index >= 15 is 0 Å². The summed E-state index contributed by atoms with van der Waals surface area (Å²) in [5.74, 6) is 0.882. The van der Waals surface area contributed by atoms with Gasteiger partial charge in [0.25, 0.3) is 5.91 Å². The maximum Gasteiger partial charge on any atom is 0.262 e. The maximum atomic E-state index is 12.4. The molecule has 3 aromatic heterocycles. The standard InChI is InChI=1S/C17H16N4OS2/c22-15-13-11(17(21-15)5-2-1-3-6-17)8-12(24-13)20-14-10-4-7-23-16(10)19-9-18-14/h4,7-9H,1-3,5-6H2,(H,21,22)(H,18,19,20). The molecule has 4 heterocycles. The van der Waals surface area contributed by atoms with Crippen molar-refractivity contribution in [3.05, 3.63) is 34.3 Å². The van der Waals surface area contributed by atoms with E-state index in [1.165, 1.54) is 36.2 Å². The van der Waals surface area contributed by atoms with Crippen LogP contribution in [0.3, 0.4) is 0 Å². The van der Waals surface area contributed by atoms with Gasteiger partial charge in [-0.2, -0.15) is 0 Å². The fourth-order valence-corrected chi connectivity index (χ4v) is 5.66. The third-order valence-electron chi connectivity index (χ3n) is 5.02. The topological polar surface area (TPSA) is 66.9 Å². The summed E-state index contributed by atoms with van der Waals surface area (Å²) >= 11 is 3.13. The lowest BCUT2D eigenvalue weighted by Gasteiger charge is -2.33. The number of carbonyl (C=O) groups excluding carboxylic acids is 1. The molecule has 1 amide bonds. The molecule has 3 aromatic rings. The van der Waals surface area contributed by atoms with E-state index in [1.54, 1.807) is 17.7 Å². The Morgan fingerprint density at radius 3 is 2.96 bits per heavy atom. The van der Waals surface area contributed by atoms with Crippen molar-refractivity contribution in [3.8, 4) is 0 Å². The Morgan fingerprint density at radius 2 is 2.08 bits per heavy atom. The van der Waals surface area contributed by atoms with Crippen molar-refractivity contribution in [2.75, 3.05) is 5.32 Å². The van der Waals surface area contributed by atoms with Crippen molar-refractivity contribution >= 4 is 49.6 Å². The number of thiophene rings is 2. The van der Waals surface area contributed by atoms with Gasteiger partial charge in [0.15, 0.2) is 0 Å². The number of aromatic nitrogens is 2. The number of nitrogens with zero attached hydrogens (tertiary/aromatic N) is 2. The summed E-state index contributed by atoms with van der Waals surface area (Å²) in [7, 11) is 0. The third kappa shape index (κ3) is 2.08. The maximum absolute atomic E-state index is 12.4. The Hall–Kier alpha value is -1.99. The Kier molecular flexibility index (Phi) is 3.14. The van der Waals surface area contributed by atoms with Crippen molar-refractivity contribution < 1.29 is 4.79 Å². The molecule has 0 saturated heterocycles. The highest BCUT2D eigenvalue weighted by molar-refractivity contribution is 7.18. The van der Waals surface area contributed by atoms with Crippen LogP contribution in [0.1, 0.15) is 47.3 Å². The van der Waals surface area contributed by atoms with Crippen LogP contribution in [0.5, 0.6) is 0 Å².